The second-order valence-electron chi connectivity index (χ2n) is 6.75. The van der Waals surface area contributed by atoms with Gasteiger partial charge in [0, 0.05) is 25.6 Å². The van der Waals surface area contributed by atoms with E-state index in [9.17, 15) is 4.79 Å². The smallest absolute Gasteiger partial charge is 0.298 e. The van der Waals surface area contributed by atoms with Crippen LogP contribution in [0.15, 0.2) is 52.9 Å². The minimum atomic E-state index is 0.00371. The van der Waals surface area contributed by atoms with Gasteiger partial charge in [0.25, 0.3) is 6.01 Å². The molecule has 27 heavy (non-hydrogen) atoms. The lowest BCUT2D eigenvalue weighted by molar-refractivity contribution is -0.125. The number of aromatic nitrogens is 1. The average Bonchev–Trinajstić information content (AvgIpc) is 3.17. The predicted molar refractivity (Wildman–Crippen MR) is 102 cm³/mol. The molecule has 6 nitrogen and oxygen atoms in total. The Bertz CT molecular complexity index is 946. The highest BCUT2D eigenvalue weighted by Crippen LogP contribution is 2.26. The van der Waals surface area contributed by atoms with Crippen LogP contribution in [0.5, 0.6) is 0 Å². The van der Waals surface area contributed by atoms with E-state index in [1.54, 1.807) is 12.1 Å². The van der Waals surface area contributed by atoms with Crippen molar-refractivity contribution >= 4 is 23.0 Å². The molecule has 0 bridgehead atoms. The standard InChI is InChI=1S/C21H20N4O2/c22-13-15-5-7-16(8-6-15)14-23-20(26)17-9-11-25(12-10-17)21-24-18-3-1-2-4-19(18)27-21/h1-8,17H,9-12,14H2,(H,23,26). The van der Waals surface area contributed by atoms with Crippen LogP contribution < -0.4 is 10.2 Å². The molecule has 0 spiro atoms. The van der Waals surface area contributed by atoms with Gasteiger partial charge in [-0.05, 0) is 42.7 Å². The van der Waals surface area contributed by atoms with Gasteiger partial charge in [0.1, 0.15) is 5.52 Å². The average molecular weight is 360 g/mol. The van der Waals surface area contributed by atoms with Gasteiger partial charge in [-0.1, -0.05) is 24.3 Å². The largest absolute Gasteiger partial charge is 0.423 e. The van der Waals surface area contributed by atoms with Crippen LogP contribution in [-0.2, 0) is 11.3 Å². The summed E-state index contributed by atoms with van der Waals surface area (Å²) in [5.41, 5.74) is 3.26. The zero-order valence-corrected chi connectivity index (χ0v) is 14.9. The fraction of sp³-hybridized carbons (Fsp3) is 0.286. The molecule has 0 radical (unpaired) electrons. The lowest BCUT2D eigenvalue weighted by atomic mass is 9.96. The van der Waals surface area contributed by atoms with Crippen LogP contribution in [0.25, 0.3) is 11.1 Å². The number of carbonyl (C=O) groups is 1. The maximum Gasteiger partial charge on any atom is 0.298 e. The first-order valence-corrected chi connectivity index (χ1v) is 9.10. The highest BCUT2D eigenvalue weighted by Gasteiger charge is 2.27. The van der Waals surface area contributed by atoms with Crippen molar-refractivity contribution in [3.05, 3.63) is 59.7 Å². The summed E-state index contributed by atoms with van der Waals surface area (Å²) in [6, 6.07) is 17.7. The van der Waals surface area contributed by atoms with Crippen LogP contribution >= 0.6 is 0 Å². The van der Waals surface area contributed by atoms with Crippen LogP contribution in [0.4, 0.5) is 6.01 Å². The van der Waals surface area contributed by atoms with Gasteiger partial charge in [-0.15, -0.1) is 0 Å². The molecule has 136 valence electrons. The number of carbonyl (C=O) groups excluding carboxylic acids is 1. The van der Waals surface area contributed by atoms with E-state index in [0.717, 1.165) is 42.6 Å². The van der Waals surface area contributed by atoms with Crippen molar-refractivity contribution in [3.63, 3.8) is 0 Å². The van der Waals surface area contributed by atoms with Crippen LogP contribution in [0.3, 0.4) is 0 Å². The van der Waals surface area contributed by atoms with Crippen molar-refractivity contribution in [3.8, 4) is 6.07 Å². The molecule has 1 aliphatic heterocycles. The topological polar surface area (TPSA) is 82.2 Å². The Morgan fingerprint density at radius 1 is 1.19 bits per heavy atom. The summed E-state index contributed by atoms with van der Waals surface area (Å²) in [6.45, 7) is 1.99. The fourth-order valence-corrected chi connectivity index (χ4v) is 3.36. The van der Waals surface area contributed by atoms with Gasteiger partial charge in [0.05, 0.1) is 11.6 Å². The minimum absolute atomic E-state index is 0.00371. The number of hydrogen-bond acceptors (Lipinski definition) is 5. The van der Waals surface area contributed by atoms with Crippen molar-refractivity contribution in [1.82, 2.24) is 10.3 Å². The summed E-state index contributed by atoms with van der Waals surface area (Å²) in [5.74, 6) is 0.0839. The van der Waals surface area contributed by atoms with E-state index in [0.29, 0.717) is 18.1 Å². The Hall–Kier alpha value is -3.33. The molecule has 0 unspecified atom stereocenters. The number of nitrogens with one attached hydrogen (secondary N) is 1. The molecule has 1 N–H and O–H groups in total. The number of benzene rings is 2. The maximum absolute atomic E-state index is 12.5. The minimum Gasteiger partial charge on any atom is -0.423 e. The summed E-state index contributed by atoms with van der Waals surface area (Å²) in [7, 11) is 0. The second kappa shape index (κ2) is 7.50. The van der Waals surface area contributed by atoms with E-state index >= 15 is 0 Å². The molecule has 2 heterocycles. The van der Waals surface area contributed by atoms with Crippen LogP contribution in [0.1, 0.15) is 24.0 Å². The molecule has 6 heteroatoms. The van der Waals surface area contributed by atoms with Crippen LogP contribution in [0.2, 0.25) is 0 Å². The molecular formula is C21H20N4O2. The van der Waals surface area contributed by atoms with Gasteiger partial charge >= 0.3 is 0 Å². The number of para-hydroxylation sites is 2. The number of nitrogens with zero attached hydrogens (tertiary/aromatic N) is 3. The molecule has 1 amide bonds. The summed E-state index contributed by atoms with van der Waals surface area (Å²) in [5, 5.41) is 11.8. The molecule has 3 aromatic rings. The molecule has 4 rings (SSSR count). The summed E-state index contributed by atoms with van der Waals surface area (Å²) >= 11 is 0. The Kier molecular flexibility index (Phi) is 4.75. The van der Waals surface area contributed by atoms with Crippen molar-refractivity contribution in [1.29, 1.82) is 5.26 Å². The molecule has 0 aliphatic carbocycles. The third-order valence-corrected chi connectivity index (χ3v) is 4.97. The number of oxazole rings is 1. The number of amides is 1. The van der Waals surface area contributed by atoms with Gasteiger partial charge in [-0.2, -0.15) is 10.2 Å². The second-order valence-corrected chi connectivity index (χ2v) is 6.75. The third kappa shape index (κ3) is 3.77. The Morgan fingerprint density at radius 2 is 1.93 bits per heavy atom. The van der Waals surface area contributed by atoms with E-state index < -0.39 is 0 Å². The van der Waals surface area contributed by atoms with Gasteiger partial charge in [-0.3, -0.25) is 4.79 Å². The third-order valence-electron chi connectivity index (χ3n) is 4.97. The van der Waals surface area contributed by atoms with Crippen molar-refractivity contribution < 1.29 is 9.21 Å². The van der Waals surface area contributed by atoms with E-state index in [4.69, 9.17) is 9.68 Å². The van der Waals surface area contributed by atoms with E-state index in [1.807, 2.05) is 36.4 Å². The predicted octanol–water partition coefficient (Wildman–Crippen LogP) is 3.23. The number of nitriles is 1. The quantitative estimate of drug-likeness (QED) is 0.772. The van der Waals surface area contributed by atoms with Crippen molar-refractivity contribution in [2.75, 3.05) is 18.0 Å². The molecule has 1 saturated heterocycles. The first kappa shape index (κ1) is 17.1. The summed E-state index contributed by atoms with van der Waals surface area (Å²) in [4.78, 5) is 19.1. The number of anilines is 1. The molecule has 1 aromatic heterocycles. The number of rotatable bonds is 4. The summed E-state index contributed by atoms with van der Waals surface area (Å²) in [6.07, 6.45) is 1.55. The van der Waals surface area contributed by atoms with Gasteiger partial charge in [0.2, 0.25) is 5.91 Å². The first-order chi connectivity index (χ1) is 13.2. The molecular weight excluding hydrogens is 340 g/mol. The summed E-state index contributed by atoms with van der Waals surface area (Å²) < 4.78 is 5.82. The highest BCUT2D eigenvalue weighted by molar-refractivity contribution is 5.79. The van der Waals surface area contributed by atoms with Gasteiger partial charge < -0.3 is 14.6 Å². The molecule has 2 aromatic carbocycles. The zero-order chi connectivity index (χ0) is 18.6. The normalized spacial score (nSPS) is 14.9. The molecule has 1 aliphatic rings. The molecule has 0 saturated carbocycles. The fourth-order valence-electron chi connectivity index (χ4n) is 3.36. The number of piperidine rings is 1. The van der Waals surface area contributed by atoms with Gasteiger partial charge in [-0.25, -0.2) is 0 Å². The Balaban J connectivity index is 1.30. The van der Waals surface area contributed by atoms with Gasteiger partial charge in [0.15, 0.2) is 5.58 Å². The van der Waals surface area contributed by atoms with Crippen LogP contribution in [0, 0.1) is 17.2 Å². The van der Waals surface area contributed by atoms with E-state index in [1.165, 1.54) is 0 Å². The zero-order valence-electron chi connectivity index (χ0n) is 14.9. The maximum atomic E-state index is 12.5. The first-order valence-electron chi connectivity index (χ1n) is 9.10. The lowest BCUT2D eigenvalue weighted by Crippen LogP contribution is -2.40. The highest BCUT2D eigenvalue weighted by atomic mass is 16.4. The van der Waals surface area contributed by atoms with Crippen LogP contribution in [-0.4, -0.2) is 24.0 Å². The van der Waals surface area contributed by atoms with Crippen molar-refractivity contribution in [2.24, 2.45) is 5.92 Å². The SMILES string of the molecule is N#Cc1ccc(CNC(=O)C2CCN(c3nc4ccccc4o3)CC2)cc1. The lowest BCUT2D eigenvalue weighted by Gasteiger charge is -2.30. The Morgan fingerprint density at radius 3 is 2.63 bits per heavy atom. The Labute approximate surface area is 157 Å². The number of fused-ring (bicyclic) bond motifs is 1. The van der Waals surface area contributed by atoms with E-state index in [2.05, 4.69) is 21.3 Å². The van der Waals surface area contributed by atoms with E-state index in [-0.39, 0.29) is 11.8 Å². The number of hydrogen-bond donors (Lipinski definition) is 1. The molecule has 0 atom stereocenters. The monoisotopic (exact) mass is 360 g/mol. The van der Waals surface area contributed by atoms with Crippen molar-refractivity contribution in [2.45, 2.75) is 19.4 Å². The molecule has 1 fully saturated rings.